The van der Waals surface area contributed by atoms with Crippen LogP contribution in [0.5, 0.6) is 23.0 Å². The molecule has 2 aliphatic rings. The zero-order chi connectivity index (χ0) is 22.2. The van der Waals surface area contributed by atoms with E-state index in [2.05, 4.69) is 13.8 Å². The Bertz CT molecular complexity index is 873. The Balaban J connectivity index is 1.73. The minimum Gasteiger partial charge on any atom is -0.508 e. The molecule has 0 aliphatic heterocycles. The lowest BCUT2D eigenvalue weighted by atomic mass is 9.69. The highest BCUT2D eigenvalue weighted by atomic mass is 16.3. The van der Waals surface area contributed by atoms with Gasteiger partial charge in [-0.25, -0.2) is 0 Å². The number of phenolic OH excluding ortho intramolecular Hbond substituents is 4. The van der Waals surface area contributed by atoms with Crippen molar-refractivity contribution in [3.05, 3.63) is 46.5 Å². The van der Waals surface area contributed by atoms with E-state index >= 15 is 0 Å². The van der Waals surface area contributed by atoms with Crippen molar-refractivity contribution in [2.75, 3.05) is 0 Å². The van der Waals surface area contributed by atoms with Crippen LogP contribution in [0.1, 0.15) is 100 Å². The molecule has 4 heteroatoms. The lowest BCUT2D eigenvalue weighted by Gasteiger charge is -2.35. The molecule has 0 unspecified atom stereocenters. The smallest absolute Gasteiger partial charge is 0.123 e. The van der Waals surface area contributed by atoms with E-state index in [-0.39, 0.29) is 40.2 Å². The monoisotopic (exact) mass is 424 g/mol. The molecule has 2 fully saturated rings. The highest BCUT2D eigenvalue weighted by Crippen LogP contribution is 2.48. The molecule has 168 valence electrons. The lowest BCUT2D eigenvalue weighted by Crippen LogP contribution is -2.25. The highest BCUT2D eigenvalue weighted by molar-refractivity contribution is 5.55. The van der Waals surface area contributed by atoms with E-state index < -0.39 is 0 Å². The second kappa shape index (κ2) is 8.29. The van der Waals surface area contributed by atoms with Crippen molar-refractivity contribution in [2.24, 2.45) is 0 Å². The zero-order valence-electron chi connectivity index (χ0n) is 18.9. The van der Waals surface area contributed by atoms with Gasteiger partial charge in [-0.3, -0.25) is 0 Å². The Morgan fingerprint density at radius 3 is 1.29 bits per heavy atom. The van der Waals surface area contributed by atoms with Crippen LogP contribution in [0.25, 0.3) is 0 Å². The van der Waals surface area contributed by atoms with Crippen molar-refractivity contribution >= 4 is 0 Å². The minimum atomic E-state index is -0.155. The van der Waals surface area contributed by atoms with Crippen LogP contribution in [0.2, 0.25) is 0 Å². The van der Waals surface area contributed by atoms with Crippen LogP contribution in [0.15, 0.2) is 24.3 Å². The van der Waals surface area contributed by atoms with Crippen molar-refractivity contribution in [3.63, 3.8) is 0 Å². The summed E-state index contributed by atoms with van der Waals surface area (Å²) < 4.78 is 0. The molecule has 31 heavy (non-hydrogen) atoms. The Labute approximate surface area is 185 Å². The summed E-state index contributed by atoms with van der Waals surface area (Å²) >= 11 is 0. The molecule has 0 heterocycles. The van der Waals surface area contributed by atoms with Gasteiger partial charge >= 0.3 is 0 Å². The molecule has 0 amide bonds. The summed E-state index contributed by atoms with van der Waals surface area (Å²) in [7, 11) is 0. The highest BCUT2D eigenvalue weighted by Gasteiger charge is 2.34. The maximum atomic E-state index is 11.2. The fraction of sp³-hybridized carbons (Fsp3) is 0.556. The first-order chi connectivity index (χ1) is 14.7. The fourth-order valence-corrected chi connectivity index (χ4v) is 5.95. The maximum absolute atomic E-state index is 11.2. The van der Waals surface area contributed by atoms with E-state index in [0.717, 1.165) is 62.5 Å². The van der Waals surface area contributed by atoms with Crippen LogP contribution >= 0.6 is 0 Å². The molecule has 0 radical (unpaired) electrons. The molecule has 2 aromatic carbocycles. The fourth-order valence-electron chi connectivity index (χ4n) is 5.95. The van der Waals surface area contributed by atoms with Gasteiger partial charge in [0.25, 0.3) is 0 Å². The molecule has 0 aromatic heterocycles. The van der Waals surface area contributed by atoms with Crippen molar-refractivity contribution in [2.45, 2.75) is 95.3 Å². The summed E-state index contributed by atoms with van der Waals surface area (Å²) in [6.07, 6.45) is 11.1. The minimum absolute atomic E-state index is 0.133. The number of hydrogen-bond acceptors (Lipinski definition) is 4. The standard InChI is InChI=1S/C27H36O4/c1-26(9-5-3-6-10-26)22-16-20(28)14-18(24(22)30)13-19-15-21(29)17-23(25(19)31)27(2)11-7-4-8-12-27/h14-17,28-31H,3-13H2,1-2H3. The Kier molecular flexibility index (Phi) is 5.85. The molecule has 0 spiro atoms. The zero-order valence-corrected chi connectivity index (χ0v) is 18.9. The van der Waals surface area contributed by atoms with Crippen LogP contribution in [0.4, 0.5) is 0 Å². The Morgan fingerprint density at radius 2 is 0.935 bits per heavy atom. The number of hydrogen-bond donors (Lipinski definition) is 4. The summed E-state index contributed by atoms with van der Waals surface area (Å²) in [6, 6.07) is 6.55. The van der Waals surface area contributed by atoms with Gasteiger partial charge in [-0.2, -0.15) is 0 Å². The predicted molar refractivity (Wildman–Crippen MR) is 123 cm³/mol. The van der Waals surface area contributed by atoms with Crippen molar-refractivity contribution in [1.82, 2.24) is 0 Å². The first-order valence-corrected chi connectivity index (χ1v) is 11.8. The first-order valence-electron chi connectivity index (χ1n) is 11.8. The molecule has 2 aliphatic carbocycles. The molecule has 2 saturated carbocycles. The van der Waals surface area contributed by atoms with Gasteiger partial charge in [-0.15, -0.1) is 0 Å². The van der Waals surface area contributed by atoms with E-state index in [1.54, 1.807) is 24.3 Å². The van der Waals surface area contributed by atoms with Crippen molar-refractivity contribution in [1.29, 1.82) is 0 Å². The van der Waals surface area contributed by atoms with Crippen molar-refractivity contribution < 1.29 is 20.4 Å². The third kappa shape index (κ3) is 4.22. The van der Waals surface area contributed by atoms with Gasteiger partial charge in [0.1, 0.15) is 23.0 Å². The van der Waals surface area contributed by atoms with Gasteiger partial charge < -0.3 is 20.4 Å². The van der Waals surface area contributed by atoms with Gasteiger partial charge in [0.05, 0.1) is 0 Å². The molecular weight excluding hydrogens is 388 g/mol. The largest absolute Gasteiger partial charge is 0.508 e. The summed E-state index contributed by atoms with van der Waals surface area (Å²) in [5, 5.41) is 43.2. The average molecular weight is 425 g/mol. The summed E-state index contributed by atoms with van der Waals surface area (Å²) in [5.74, 6) is 0.674. The summed E-state index contributed by atoms with van der Waals surface area (Å²) in [6.45, 7) is 4.33. The maximum Gasteiger partial charge on any atom is 0.123 e. The second-order valence-corrected chi connectivity index (χ2v) is 10.4. The van der Waals surface area contributed by atoms with Gasteiger partial charge in [-0.1, -0.05) is 52.4 Å². The van der Waals surface area contributed by atoms with Gasteiger partial charge in [-0.05, 0) is 60.8 Å². The van der Waals surface area contributed by atoms with Crippen LogP contribution in [0, 0.1) is 0 Å². The summed E-state index contributed by atoms with van der Waals surface area (Å²) in [4.78, 5) is 0. The normalized spacial score (nSPS) is 20.5. The van der Waals surface area contributed by atoms with Crippen molar-refractivity contribution in [3.8, 4) is 23.0 Å². The molecular formula is C27H36O4. The number of phenols is 4. The van der Waals surface area contributed by atoms with E-state index in [1.807, 2.05) is 0 Å². The van der Waals surface area contributed by atoms with E-state index in [0.29, 0.717) is 11.1 Å². The third-order valence-corrected chi connectivity index (χ3v) is 7.94. The van der Waals surface area contributed by atoms with Crippen LogP contribution in [-0.2, 0) is 17.3 Å². The van der Waals surface area contributed by atoms with Gasteiger partial charge in [0, 0.05) is 28.7 Å². The molecule has 4 N–H and O–H groups in total. The van der Waals surface area contributed by atoms with Crippen LogP contribution in [0.3, 0.4) is 0 Å². The predicted octanol–water partition coefficient (Wildman–Crippen LogP) is 6.54. The van der Waals surface area contributed by atoms with E-state index in [4.69, 9.17) is 0 Å². The van der Waals surface area contributed by atoms with Crippen LogP contribution < -0.4 is 0 Å². The molecule has 0 bridgehead atoms. The molecule has 4 rings (SSSR count). The van der Waals surface area contributed by atoms with Crippen LogP contribution in [-0.4, -0.2) is 20.4 Å². The second-order valence-electron chi connectivity index (χ2n) is 10.4. The molecule has 0 atom stereocenters. The van der Waals surface area contributed by atoms with Gasteiger partial charge in [0.2, 0.25) is 0 Å². The number of rotatable bonds is 4. The topological polar surface area (TPSA) is 80.9 Å². The molecule has 2 aromatic rings. The average Bonchev–Trinajstić information content (AvgIpc) is 2.73. The SMILES string of the molecule is CC1(c2cc(O)cc(Cc3cc(O)cc(C4(C)CCCCC4)c3O)c2O)CCCCC1. The quantitative estimate of drug-likeness (QED) is 0.420. The number of aromatic hydroxyl groups is 4. The number of benzene rings is 2. The Morgan fingerprint density at radius 1 is 0.581 bits per heavy atom. The Hall–Kier alpha value is -2.36. The molecule has 0 saturated heterocycles. The van der Waals surface area contributed by atoms with E-state index in [9.17, 15) is 20.4 Å². The summed E-state index contributed by atoms with van der Waals surface area (Å²) in [5.41, 5.74) is 2.45. The van der Waals surface area contributed by atoms with Gasteiger partial charge in [0.15, 0.2) is 0 Å². The van der Waals surface area contributed by atoms with E-state index in [1.165, 1.54) is 12.8 Å². The molecule has 4 nitrogen and oxygen atoms in total. The first kappa shape index (κ1) is 21.9. The lowest BCUT2D eigenvalue weighted by molar-refractivity contribution is 0.305. The third-order valence-electron chi connectivity index (χ3n) is 7.94.